The third-order valence-corrected chi connectivity index (χ3v) is 15.7. The first-order valence-electron chi connectivity index (χ1n) is 22.7. The maximum atomic E-state index is 14.2. The number of halogens is 2. The van der Waals surface area contributed by atoms with E-state index in [0.717, 1.165) is 26.5 Å². The van der Waals surface area contributed by atoms with Crippen molar-refractivity contribution in [2.24, 2.45) is 0 Å². The molecule has 2 aliphatic heterocycles. The molecule has 8 aromatic rings. The van der Waals surface area contributed by atoms with Gasteiger partial charge in [-0.05, 0) is 63.1 Å². The van der Waals surface area contributed by atoms with E-state index < -0.39 is 58.4 Å². The lowest BCUT2D eigenvalue weighted by atomic mass is 10.1. The van der Waals surface area contributed by atoms with Crippen LogP contribution >= 0.6 is 22.7 Å². The number of hydrogen-bond acceptors (Lipinski definition) is 16. The Hall–Kier alpha value is -7.68. The van der Waals surface area contributed by atoms with Crippen LogP contribution in [0.2, 0.25) is 0 Å². The normalized spacial score (nSPS) is 16.7. The highest BCUT2D eigenvalue weighted by Gasteiger charge is 2.37. The molecule has 8 heterocycles. The molecule has 0 radical (unpaired) electrons. The van der Waals surface area contributed by atoms with E-state index in [1.807, 2.05) is 0 Å². The first-order chi connectivity index (χ1) is 35.0. The second-order valence-electron chi connectivity index (χ2n) is 17.3. The second-order valence-corrected chi connectivity index (χ2v) is 19.3. The minimum absolute atomic E-state index is 0.0609. The molecule has 0 unspecified atom stereocenters. The Morgan fingerprint density at radius 1 is 0.644 bits per heavy atom. The summed E-state index contributed by atoms with van der Waals surface area (Å²) < 4.78 is 49.2. The summed E-state index contributed by atoms with van der Waals surface area (Å²) in [4.78, 5) is 87.1. The highest BCUT2D eigenvalue weighted by molar-refractivity contribution is 7.21. The monoisotopic (exact) mass is 1040 g/mol. The zero-order chi connectivity index (χ0) is 52.2. The molecule has 2 fully saturated rings. The smallest absolute Gasteiger partial charge is 0.332 e. The fourth-order valence-corrected chi connectivity index (χ4v) is 11.8. The molecule has 22 nitrogen and oxygen atoms in total. The number of benzene rings is 2. The minimum atomic E-state index is -1.35. The van der Waals surface area contributed by atoms with Crippen molar-refractivity contribution in [3.8, 4) is 21.5 Å². The zero-order valence-electron chi connectivity index (χ0n) is 40.4. The van der Waals surface area contributed by atoms with Gasteiger partial charge in [0, 0.05) is 56.5 Å². The van der Waals surface area contributed by atoms with E-state index in [2.05, 4.69) is 20.4 Å². The predicted molar refractivity (Wildman–Crippen MR) is 263 cm³/mol. The molecule has 73 heavy (non-hydrogen) atoms. The summed E-state index contributed by atoms with van der Waals surface area (Å²) in [5, 5.41) is 29.3. The van der Waals surface area contributed by atoms with E-state index in [4.69, 9.17) is 14.2 Å². The number of aromatic nitrogens is 10. The average Bonchev–Trinajstić information content (AvgIpc) is 4.27. The number of nitrogens with zero attached hydrogens (tertiary/aromatic N) is 12. The molecule has 2 aliphatic rings. The number of carbonyl (C=O) groups is 2. The lowest BCUT2D eigenvalue weighted by Crippen LogP contribution is -2.44. The summed E-state index contributed by atoms with van der Waals surface area (Å²) in [6.45, 7) is 3.94. The number of amides is 2. The van der Waals surface area contributed by atoms with Crippen LogP contribution in [0.3, 0.4) is 0 Å². The van der Waals surface area contributed by atoms with Crippen molar-refractivity contribution >= 4 is 54.9 Å². The van der Waals surface area contributed by atoms with Gasteiger partial charge in [-0.2, -0.15) is 20.4 Å². The van der Waals surface area contributed by atoms with Crippen LogP contribution in [0.25, 0.3) is 30.4 Å². The number of fused-ring (bicyclic) bond motifs is 2. The van der Waals surface area contributed by atoms with Crippen molar-refractivity contribution < 1.29 is 37.7 Å². The van der Waals surface area contributed by atoms with Crippen LogP contribution in [0.4, 0.5) is 8.78 Å². The number of likely N-dealkylation sites (N-methyl/N-ethyl adjacent to an activating group) is 2. The molecule has 4 atom stereocenters. The molecule has 382 valence electrons. The van der Waals surface area contributed by atoms with Crippen LogP contribution in [0, 0.1) is 25.5 Å². The van der Waals surface area contributed by atoms with Gasteiger partial charge in [0.25, 0.3) is 11.1 Å². The first kappa shape index (κ1) is 50.3. The van der Waals surface area contributed by atoms with Gasteiger partial charge in [-0.15, -0.1) is 9.59 Å². The molecule has 0 bridgehead atoms. The number of hydrogen-bond donors (Lipinski definition) is 1. The van der Waals surface area contributed by atoms with Gasteiger partial charge >= 0.3 is 11.4 Å². The molecule has 26 heteroatoms. The standard InChI is InChI=1S/C24H25FN6O5S.C23H23FN6O5S/c1-13-19-21(33)30(16-7-10-28(2)20(16)32)24(34)29(23(19)37-22(13)31-26-8-9-27-31)12-18(36-4)15-11-14(25)5-6-17(15)35-3;1-12-18-20(33)29(15-6-9-27(2)19(15)32)23(34)28(22(18)36-21(12)30-25-7-8-26-30)11-16(31)14-10-13(24)4-5-17(14)35-3/h5-6,8-9,11,16,18H,7,10,12H2,1-4H3;4-5,7-8,10,15-16,31H,6,9,11H2,1-3H3/t16-,18-;15-,16-/m00/s1. The zero-order valence-corrected chi connectivity index (χ0v) is 42.0. The number of likely N-dealkylation sites (tertiary alicyclic amines) is 2. The van der Waals surface area contributed by atoms with Crippen molar-refractivity contribution in [3.05, 3.63) is 137 Å². The van der Waals surface area contributed by atoms with E-state index in [0.29, 0.717) is 73.4 Å². The van der Waals surface area contributed by atoms with Gasteiger partial charge in [0.05, 0.1) is 62.9 Å². The Balaban J connectivity index is 0.000000180. The molecular formula is C47H48F2N12O10S2. The summed E-state index contributed by atoms with van der Waals surface area (Å²) >= 11 is 2.30. The molecule has 2 saturated heterocycles. The van der Waals surface area contributed by atoms with Gasteiger partial charge in [-0.25, -0.2) is 27.5 Å². The maximum Gasteiger partial charge on any atom is 0.332 e. The number of aliphatic hydroxyl groups is 1. The van der Waals surface area contributed by atoms with Crippen molar-refractivity contribution in [3.63, 3.8) is 0 Å². The molecule has 2 aromatic carbocycles. The van der Waals surface area contributed by atoms with Crippen LogP contribution in [-0.2, 0) is 27.4 Å². The largest absolute Gasteiger partial charge is 0.496 e. The van der Waals surface area contributed by atoms with Crippen LogP contribution in [0.1, 0.15) is 59.4 Å². The van der Waals surface area contributed by atoms with E-state index >= 15 is 0 Å². The fraction of sp³-hybridized carbons (Fsp3) is 0.362. The number of ether oxygens (including phenoxy) is 3. The topological polar surface area (TPSA) is 238 Å². The second kappa shape index (κ2) is 20.1. The van der Waals surface area contributed by atoms with Gasteiger partial charge in [-0.3, -0.25) is 28.3 Å². The third-order valence-electron chi connectivity index (χ3n) is 13.1. The molecule has 0 saturated carbocycles. The first-order valence-corrected chi connectivity index (χ1v) is 24.3. The molecule has 0 aliphatic carbocycles. The number of aryl methyl sites for hydroxylation is 2. The van der Waals surface area contributed by atoms with Crippen LogP contribution in [0.5, 0.6) is 11.5 Å². The van der Waals surface area contributed by atoms with Crippen molar-refractivity contribution in [1.82, 2.24) is 58.1 Å². The lowest BCUT2D eigenvalue weighted by molar-refractivity contribution is -0.130. The number of aliphatic hydroxyl groups excluding tert-OH is 1. The highest BCUT2D eigenvalue weighted by atomic mass is 32.1. The number of methoxy groups -OCH3 is 3. The molecule has 10 rings (SSSR count). The van der Waals surface area contributed by atoms with Gasteiger partial charge in [0.15, 0.2) is 0 Å². The summed E-state index contributed by atoms with van der Waals surface area (Å²) in [5.41, 5.74) is -0.855. The predicted octanol–water partition coefficient (Wildman–Crippen LogP) is 3.45. The Morgan fingerprint density at radius 2 is 1.05 bits per heavy atom. The molecule has 0 spiro atoms. The summed E-state index contributed by atoms with van der Waals surface area (Å²) in [6, 6.07) is 5.89. The Bertz CT molecular complexity index is 3680. The Kier molecular flexibility index (Phi) is 13.8. The third kappa shape index (κ3) is 8.82. The number of thiophene rings is 2. The molecular weight excluding hydrogens is 995 g/mol. The molecule has 2 amide bonds. The quantitative estimate of drug-likeness (QED) is 0.174. The van der Waals surface area contributed by atoms with Gasteiger partial charge in [0.2, 0.25) is 11.8 Å². The van der Waals surface area contributed by atoms with E-state index in [-0.39, 0.29) is 41.6 Å². The van der Waals surface area contributed by atoms with E-state index in [9.17, 15) is 42.7 Å². The van der Waals surface area contributed by atoms with Crippen molar-refractivity contribution in [2.75, 3.05) is 48.5 Å². The van der Waals surface area contributed by atoms with E-state index in [1.54, 1.807) is 27.9 Å². The SMILES string of the molecule is COc1ccc(F)cc1[C@@H](O)Cn1c(=O)n([C@H]2CCN(C)C2=O)c(=O)c2c(C)c(-n3nccn3)sc21.COc1ccc(F)cc1[C@H](Cn1c(=O)n([C@H]2CCN(C)C2=O)c(=O)c2c(C)c(-n3nccn3)sc21)OC. The summed E-state index contributed by atoms with van der Waals surface area (Å²) in [6.07, 6.45) is 4.49. The highest BCUT2D eigenvalue weighted by Crippen LogP contribution is 2.36. The number of rotatable bonds is 13. The molecule has 1 N–H and O–H groups in total. The maximum absolute atomic E-state index is 14.2. The minimum Gasteiger partial charge on any atom is -0.496 e. The van der Waals surface area contributed by atoms with Gasteiger partial charge in [0.1, 0.15) is 67.1 Å². The van der Waals surface area contributed by atoms with Crippen molar-refractivity contribution in [2.45, 2.75) is 64.1 Å². The summed E-state index contributed by atoms with van der Waals surface area (Å²) in [7, 11) is 7.55. The fourth-order valence-electron chi connectivity index (χ4n) is 9.35. The number of carbonyl (C=O) groups excluding carboxylic acids is 2. The van der Waals surface area contributed by atoms with E-state index in [1.165, 1.54) is 116 Å². The van der Waals surface area contributed by atoms with Gasteiger partial charge in [-0.1, -0.05) is 22.7 Å². The van der Waals surface area contributed by atoms with Crippen molar-refractivity contribution in [1.29, 1.82) is 0 Å². The Labute approximate surface area is 420 Å². The van der Waals surface area contributed by atoms with Crippen LogP contribution in [0.15, 0.2) is 80.4 Å². The average molecular weight is 1040 g/mol. The Morgan fingerprint density at radius 3 is 1.45 bits per heavy atom. The summed E-state index contributed by atoms with van der Waals surface area (Å²) in [5.74, 6) is -1.07. The molecule has 6 aromatic heterocycles. The van der Waals surface area contributed by atoms with Crippen LogP contribution in [-0.4, -0.2) is 123 Å². The lowest BCUT2D eigenvalue weighted by Gasteiger charge is -2.22. The van der Waals surface area contributed by atoms with Gasteiger partial charge < -0.3 is 29.1 Å². The van der Waals surface area contributed by atoms with Crippen LogP contribution < -0.4 is 32.0 Å².